The quantitative estimate of drug-likeness (QED) is 0.664. The zero-order valence-corrected chi connectivity index (χ0v) is 11.0. The third-order valence-electron chi connectivity index (χ3n) is 3.00. The summed E-state index contributed by atoms with van der Waals surface area (Å²) in [5.74, 6) is -2.13. The van der Waals surface area contributed by atoms with E-state index in [1.807, 2.05) is 6.92 Å². The van der Waals surface area contributed by atoms with Gasteiger partial charge in [0.1, 0.15) is 12.1 Å². The number of amides is 1. The molecule has 7 heteroatoms. The molecule has 0 saturated carbocycles. The highest BCUT2D eigenvalue weighted by Gasteiger charge is 2.31. The summed E-state index contributed by atoms with van der Waals surface area (Å²) < 4.78 is 9.78. The minimum atomic E-state index is -1.18. The number of carbonyl (C=O) groups is 3. The van der Waals surface area contributed by atoms with Crippen molar-refractivity contribution in [1.29, 1.82) is 0 Å². The molecule has 1 amide bonds. The number of esters is 1. The lowest BCUT2D eigenvalue weighted by molar-refractivity contribution is -0.145. The average Bonchev–Trinajstić information content (AvgIpc) is 2.80. The van der Waals surface area contributed by atoms with Gasteiger partial charge in [0.05, 0.1) is 13.2 Å². The number of ether oxygens (including phenoxy) is 2. The maximum atomic E-state index is 11.8. The van der Waals surface area contributed by atoms with Gasteiger partial charge in [-0.3, -0.25) is 9.59 Å². The zero-order valence-electron chi connectivity index (χ0n) is 11.0. The Bertz CT molecular complexity index is 356. The van der Waals surface area contributed by atoms with Gasteiger partial charge in [0.2, 0.25) is 5.91 Å². The molecule has 0 aromatic carbocycles. The molecule has 1 fully saturated rings. The molecule has 7 nitrogen and oxygen atoms in total. The maximum Gasteiger partial charge on any atom is 0.326 e. The Morgan fingerprint density at radius 3 is 2.58 bits per heavy atom. The summed E-state index contributed by atoms with van der Waals surface area (Å²) in [6.07, 6.45) is 0.698. The van der Waals surface area contributed by atoms with Gasteiger partial charge in [-0.2, -0.15) is 0 Å². The second-order valence-corrected chi connectivity index (χ2v) is 4.53. The highest BCUT2D eigenvalue weighted by Crippen LogP contribution is 2.19. The second-order valence-electron chi connectivity index (χ2n) is 4.53. The molecule has 3 atom stereocenters. The molecule has 2 N–H and O–H groups in total. The molecule has 1 heterocycles. The van der Waals surface area contributed by atoms with Crippen LogP contribution < -0.4 is 5.32 Å². The number of aliphatic carboxylic acids is 1. The standard InChI is InChI=1S/C12H19NO6/c1-7-3-5-9(19-7)11(15)13-8(12(16)17)4-6-10(14)18-2/h7-9H,3-6H2,1-2H3,(H,13,15)(H,16,17)/t7?,8-,9?/m1/s1. The molecule has 0 aromatic heterocycles. The first-order chi connectivity index (χ1) is 8.93. The topological polar surface area (TPSA) is 102 Å². The summed E-state index contributed by atoms with van der Waals surface area (Å²) in [6, 6.07) is -1.11. The maximum absolute atomic E-state index is 11.8. The van der Waals surface area contributed by atoms with Crippen LogP contribution in [0.5, 0.6) is 0 Å². The van der Waals surface area contributed by atoms with E-state index in [1.54, 1.807) is 0 Å². The Morgan fingerprint density at radius 2 is 2.11 bits per heavy atom. The van der Waals surface area contributed by atoms with Crippen molar-refractivity contribution < 1.29 is 29.0 Å². The van der Waals surface area contributed by atoms with E-state index >= 15 is 0 Å². The van der Waals surface area contributed by atoms with Crippen LogP contribution in [-0.4, -0.2) is 48.3 Å². The van der Waals surface area contributed by atoms with Gasteiger partial charge in [-0.25, -0.2) is 4.79 Å². The van der Waals surface area contributed by atoms with E-state index in [1.165, 1.54) is 7.11 Å². The first kappa shape index (κ1) is 15.4. The van der Waals surface area contributed by atoms with Crippen LogP contribution in [0.4, 0.5) is 0 Å². The van der Waals surface area contributed by atoms with E-state index < -0.39 is 30.0 Å². The van der Waals surface area contributed by atoms with Crippen molar-refractivity contribution >= 4 is 17.8 Å². The number of hydrogen-bond donors (Lipinski definition) is 2. The van der Waals surface area contributed by atoms with Crippen molar-refractivity contribution in [2.24, 2.45) is 0 Å². The predicted molar refractivity (Wildman–Crippen MR) is 64.4 cm³/mol. The third-order valence-corrected chi connectivity index (χ3v) is 3.00. The lowest BCUT2D eigenvalue weighted by Gasteiger charge is -2.17. The van der Waals surface area contributed by atoms with Crippen molar-refractivity contribution in [2.75, 3.05) is 7.11 Å². The minimum absolute atomic E-state index is 0.00395. The van der Waals surface area contributed by atoms with Crippen molar-refractivity contribution in [2.45, 2.75) is 50.9 Å². The number of methoxy groups -OCH3 is 1. The van der Waals surface area contributed by atoms with E-state index in [4.69, 9.17) is 9.84 Å². The SMILES string of the molecule is COC(=O)CC[C@@H](NC(=O)C1CCC(C)O1)C(=O)O. The van der Waals surface area contributed by atoms with E-state index in [9.17, 15) is 14.4 Å². The molecule has 108 valence electrons. The molecule has 0 spiro atoms. The summed E-state index contributed by atoms with van der Waals surface area (Å²) in [7, 11) is 1.23. The normalized spacial score (nSPS) is 23.7. The smallest absolute Gasteiger partial charge is 0.326 e. The first-order valence-electron chi connectivity index (χ1n) is 6.19. The molecule has 0 aliphatic carbocycles. The third kappa shape index (κ3) is 4.86. The molecular weight excluding hydrogens is 254 g/mol. The van der Waals surface area contributed by atoms with Crippen molar-refractivity contribution in [3.05, 3.63) is 0 Å². The predicted octanol–water partition coefficient (Wildman–Crippen LogP) is 0.0765. The molecule has 1 rings (SSSR count). The Kier molecular flexibility index (Phi) is 5.75. The van der Waals surface area contributed by atoms with Gasteiger partial charge in [0.25, 0.3) is 0 Å². The van der Waals surface area contributed by atoms with Crippen LogP contribution in [0, 0.1) is 0 Å². The summed E-state index contributed by atoms with van der Waals surface area (Å²) in [4.78, 5) is 33.8. The van der Waals surface area contributed by atoms with Crippen LogP contribution in [0.2, 0.25) is 0 Å². The van der Waals surface area contributed by atoms with E-state index in [0.717, 1.165) is 6.42 Å². The van der Waals surface area contributed by atoms with Gasteiger partial charge >= 0.3 is 11.9 Å². The Labute approximate surface area is 111 Å². The van der Waals surface area contributed by atoms with Crippen LogP contribution in [0.15, 0.2) is 0 Å². The fourth-order valence-corrected chi connectivity index (χ4v) is 1.88. The molecule has 1 aliphatic rings. The zero-order chi connectivity index (χ0) is 14.4. The number of carboxylic acid groups (broad SMARTS) is 1. The van der Waals surface area contributed by atoms with E-state index in [-0.39, 0.29) is 18.9 Å². The number of nitrogens with one attached hydrogen (secondary N) is 1. The van der Waals surface area contributed by atoms with Crippen molar-refractivity contribution in [3.63, 3.8) is 0 Å². The molecule has 1 aliphatic heterocycles. The number of carbonyl (C=O) groups excluding carboxylic acids is 2. The lowest BCUT2D eigenvalue weighted by atomic mass is 10.1. The van der Waals surface area contributed by atoms with E-state index in [2.05, 4.69) is 10.1 Å². The van der Waals surface area contributed by atoms with Gasteiger partial charge in [0, 0.05) is 6.42 Å². The van der Waals surface area contributed by atoms with E-state index in [0.29, 0.717) is 6.42 Å². The lowest BCUT2D eigenvalue weighted by Crippen LogP contribution is -2.45. The molecular formula is C12H19NO6. The first-order valence-corrected chi connectivity index (χ1v) is 6.19. The highest BCUT2D eigenvalue weighted by atomic mass is 16.5. The van der Waals surface area contributed by atoms with Crippen LogP contribution in [0.3, 0.4) is 0 Å². The van der Waals surface area contributed by atoms with Crippen LogP contribution in [0.25, 0.3) is 0 Å². The summed E-state index contributed by atoms with van der Waals surface area (Å²) in [5, 5.41) is 11.4. The Hall–Kier alpha value is -1.63. The highest BCUT2D eigenvalue weighted by molar-refractivity contribution is 5.86. The summed E-state index contributed by atoms with van der Waals surface area (Å²) >= 11 is 0. The fraction of sp³-hybridized carbons (Fsp3) is 0.750. The molecule has 0 aromatic rings. The number of hydrogen-bond acceptors (Lipinski definition) is 5. The fourth-order valence-electron chi connectivity index (χ4n) is 1.88. The van der Waals surface area contributed by atoms with Gasteiger partial charge < -0.3 is 19.9 Å². The summed E-state index contributed by atoms with van der Waals surface area (Å²) in [6.45, 7) is 1.86. The van der Waals surface area contributed by atoms with Gasteiger partial charge in [-0.05, 0) is 26.2 Å². The molecule has 0 radical (unpaired) electrons. The monoisotopic (exact) mass is 273 g/mol. The largest absolute Gasteiger partial charge is 0.480 e. The van der Waals surface area contributed by atoms with Gasteiger partial charge in [-0.1, -0.05) is 0 Å². The second kappa shape index (κ2) is 7.08. The Balaban J connectivity index is 2.46. The average molecular weight is 273 g/mol. The van der Waals surface area contributed by atoms with Crippen molar-refractivity contribution in [3.8, 4) is 0 Å². The van der Waals surface area contributed by atoms with Crippen LogP contribution in [-0.2, 0) is 23.9 Å². The number of carboxylic acids is 1. The van der Waals surface area contributed by atoms with Gasteiger partial charge in [0.15, 0.2) is 0 Å². The van der Waals surface area contributed by atoms with Gasteiger partial charge in [-0.15, -0.1) is 0 Å². The van der Waals surface area contributed by atoms with Crippen molar-refractivity contribution in [1.82, 2.24) is 5.32 Å². The molecule has 1 saturated heterocycles. The Morgan fingerprint density at radius 1 is 1.42 bits per heavy atom. The molecule has 0 bridgehead atoms. The molecule has 2 unspecified atom stereocenters. The van der Waals surface area contributed by atoms with Crippen LogP contribution in [0.1, 0.15) is 32.6 Å². The summed E-state index contributed by atoms with van der Waals surface area (Å²) in [5.41, 5.74) is 0. The minimum Gasteiger partial charge on any atom is -0.480 e. The number of rotatable bonds is 6. The molecule has 19 heavy (non-hydrogen) atoms. The van der Waals surface area contributed by atoms with Crippen LogP contribution >= 0.6 is 0 Å².